The average molecular weight is 366 g/mol. The molecule has 6 heteroatoms. The number of aryl methyl sites for hydroxylation is 1. The predicted molar refractivity (Wildman–Crippen MR) is 101 cm³/mol. The van der Waals surface area contributed by atoms with Crippen LogP contribution in [0, 0.1) is 0 Å². The molecule has 0 spiro atoms. The van der Waals surface area contributed by atoms with Crippen molar-refractivity contribution >= 4 is 23.5 Å². The van der Waals surface area contributed by atoms with E-state index in [0.717, 1.165) is 16.8 Å². The predicted octanol–water partition coefficient (Wildman–Crippen LogP) is 2.69. The van der Waals surface area contributed by atoms with Crippen molar-refractivity contribution in [1.82, 2.24) is 5.32 Å². The molecule has 1 aliphatic rings. The van der Waals surface area contributed by atoms with Crippen molar-refractivity contribution < 1.29 is 19.5 Å². The molecule has 3 rings (SSSR count). The number of nitrogens with one attached hydrogen (secondary N) is 1. The zero-order valence-electron chi connectivity index (χ0n) is 14.9. The summed E-state index contributed by atoms with van der Waals surface area (Å²) in [7, 11) is 0. The van der Waals surface area contributed by atoms with E-state index in [0.29, 0.717) is 12.8 Å². The van der Waals surface area contributed by atoms with E-state index in [4.69, 9.17) is 5.11 Å². The number of anilines is 1. The van der Waals surface area contributed by atoms with Crippen LogP contribution in [-0.2, 0) is 20.8 Å². The second-order valence-corrected chi connectivity index (χ2v) is 6.57. The summed E-state index contributed by atoms with van der Waals surface area (Å²) < 4.78 is 0. The Hall–Kier alpha value is -3.15. The maximum absolute atomic E-state index is 12.6. The van der Waals surface area contributed by atoms with Gasteiger partial charge in [-0.3, -0.25) is 14.4 Å². The molecule has 2 aromatic rings. The zero-order valence-corrected chi connectivity index (χ0v) is 14.9. The minimum atomic E-state index is -0.912. The molecule has 6 nitrogen and oxygen atoms in total. The number of nitrogens with zero attached hydrogens (tertiary/aromatic N) is 1. The molecule has 0 saturated heterocycles. The Balaban J connectivity index is 1.72. The summed E-state index contributed by atoms with van der Waals surface area (Å²) in [5.74, 6) is -1.30. The first kappa shape index (κ1) is 18.6. The molecule has 0 fully saturated rings. The highest BCUT2D eigenvalue weighted by Gasteiger charge is 2.26. The van der Waals surface area contributed by atoms with Crippen molar-refractivity contribution in [2.45, 2.75) is 31.7 Å². The van der Waals surface area contributed by atoms with Crippen LogP contribution in [0.1, 0.15) is 36.4 Å². The van der Waals surface area contributed by atoms with Gasteiger partial charge in [0.25, 0.3) is 0 Å². The van der Waals surface area contributed by atoms with Crippen molar-refractivity contribution in [2.24, 2.45) is 0 Å². The van der Waals surface area contributed by atoms with Gasteiger partial charge in [0.2, 0.25) is 11.8 Å². The van der Waals surface area contributed by atoms with Gasteiger partial charge >= 0.3 is 5.97 Å². The minimum Gasteiger partial charge on any atom is -0.481 e. The van der Waals surface area contributed by atoms with E-state index in [1.165, 1.54) is 4.90 Å². The Kier molecular flexibility index (Phi) is 5.86. The number of carboxylic acid groups (broad SMARTS) is 1. The van der Waals surface area contributed by atoms with Crippen molar-refractivity contribution in [2.75, 3.05) is 11.4 Å². The lowest BCUT2D eigenvalue weighted by Crippen LogP contribution is -2.44. The van der Waals surface area contributed by atoms with Gasteiger partial charge in [-0.2, -0.15) is 0 Å². The summed E-state index contributed by atoms with van der Waals surface area (Å²) in [5, 5.41) is 11.9. The fraction of sp³-hybridized carbons (Fsp3) is 0.286. The molecule has 0 saturated carbocycles. The molecule has 2 aromatic carbocycles. The number of rotatable bonds is 7. The Morgan fingerprint density at radius 1 is 1.04 bits per heavy atom. The van der Waals surface area contributed by atoms with Gasteiger partial charge in [-0.1, -0.05) is 48.5 Å². The number of hydrogen-bond acceptors (Lipinski definition) is 3. The number of carbonyl (C=O) groups excluding carboxylic acids is 2. The van der Waals surface area contributed by atoms with Crippen LogP contribution >= 0.6 is 0 Å². The van der Waals surface area contributed by atoms with Gasteiger partial charge in [-0.05, 0) is 30.0 Å². The summed E-state index contributed by atoms with van der Waals surface area (Å²) in [5.41, 5.74) is 2.67. The lowest BCUT2D eigenvalue weighted by atomic mass is 10.0. The molecule has 0 bridgehead atoms. The molecular formula is C21H22N2O4. The molecule has 2 amide bonds. The van der Waals surface area contributed by atoms with E-state index in [1.54, 1.807) is 0 Å². The lowest BCUT2D eigenvalue weighted by Gasteiger charge is -2.29. The Labute approximate surface area is 157 Å². The highest BCUT2D eigenvalue weighted by atomic mass is 16.4. The van der Waals surface area contributed by atoms with Crippen LogP contribution in [0.4, 0.5) is 5.69 Å². The van der Waals surface area contributed by atoms with E-state index in [-0.39, 0.29) is 31.2 Å². The van der Waals surface area contributed by atoms with Crippen LogP contribution < -0.4 is 10.2 Å². The number of amides is 2. The molecule has 0 radical (unpaired) electrons. The third kappa shape index (κ3) is 4.73. The van der Waals surface area contributed by atoms with Crippen LogP contribution in [0.25, 0.3) is 0 Å². The number of para-hydroxylation sites is 1. The maximum atomic E-state index is 12.6. The molecular weight excluding hydrogens is 344 g/mol. The normalized spacial score (nSPS) is 14.4. The number of fused-ring (bicyclic) bond motifs is 1. The monoisotopic (exact) mass is 366 g/mol. The van der Waals surface area contributed by atoms with Gasteiger partial charge in [0.15, 0.2) is 0 Å². The topological polar surface area (TPSA) is 86.7 Å². The van der Waals surface area contributed by atoms with Gasteiger partial charge in [0.05, 0.1) is 6.04 Å². The molecule has 27 heavy (non-hydrogen) atoms. The van der Waals surface area contributed by atoms with E-state index < -0.39 is 12.0 Å². The summed E-state index contributed by atoms with van der Waals surface area (Å²) in [4.78, 5) is 37.4. The van der Waals surface area contributed by atoms with E-state index >= 15 is 0 Å². The summed E-state index contributed by atoms with van der Waals surface area (Å²) in [6, 6.07) is 16.4. The first-order valence-electron chi connectivity index (χ1n) is 8.99. The largest absolute Gasteiger partial charge is 0.481 e. The fourth-order valence-electron chi connectivity index (χ4n) is 3.33. The number of benzene rings is 2. The molecule has 1 heterocycles. The summed E-state index contributed by atoms with van der Waals surface area (Å²) in [6.07, 6.45) is 1.30. The fourth-order valence-corrected chi connectivity index (χ4v) is 3.33. The standard InChI is InChI=1S/C21H22N2O4/c24-19(14-23-18-9-5-4-8-16(18)10-12-20(23)25)22-17(11-13-21(26)27)15-6-2-1-3-7-15/h1-9,17H,10-14H2,(H,22,24)(H,26,27). The minimum absolute atomic E-state index is 0.0503. The Bertz CT molecular complexity index is 835. The van der Waals surface area contributed by atoms with Crippen molar-refractivity contribution in [3.05, 3.63) is 65.7 Å². The first-order valence-corrected chi connectivity index (χ1v) is 8.99. The second kappa shape index (κ2) is 8.49. The molecule has 0 aromatic heterocycles. The highest BCUT2D eigenvalue weighted by molar-refractivity contribution is 6.01. The van der Waals surface area contributed by atoms with Gasteiger partial charge in [-0.25, -0.2) is 0 Å². The van der Waals surface area contributed by atoms with Gasteiger partial charge < -0.3 is 15.3 Å². The number of hydrogen-bond donors (Lipinski definition) is 2. The quantitative estimate of drug-likeness (QED) is 0.789. The second-order valence-electron chi connectivity index (χ2n) is 6.57. The maximum Gasteiger partial charge on any atom is 0.303 e. The molecule has 0 aliphatic carbocycles. The molecule has 1 aliphatic heterocycles. The summed E-state index contributed by atoms with van der Waals surface area (Å²) >= 11 is 0. The molecule has 1 unspecified atom stereocenters. The van der Waals surface area contributed by atoms with Gasteiger partial charge in [0, 0.05) is 18.5 Å². The highest BCUT2D eigenvalue weighted by Crippen LogP contribution is 2.27. The summed E-state index contributed by atoms with van der Waals surface area (Å²) in [6.45, 7) is -0.0771. The number of carbonyl (C=O) groups is 3. The van der Waals surface area contributed by atoms with Crippen LogP contribution in [0.2, 0.25) is 0 Å². The Morgan fingerprint density at radius 2 is 1.74 bits per heavy atom. The van der Waals surface area contributed by atoms with Crippen LogP contribution in [0.3, 0.4) is 0 Å². The van der Waals surface area contributed by atoms with E-state index in [9.17, 15) is 14.4 Å². The number of aliphatic carboxylic acids is 1. The zero-order chi connectivity index (χ0) is 19.2. The SMILES string of the molecule is O=C(O)CCC(NC(=O)CN1C(=O)CCc2ccccc21)c1ccccc1. The van der Waals surface area contributed by atoms with Gasteiger partial charge in [-0.15, -0.1) is 0 Å². The smallest absolute Gasteiger partial charge is 0.303 e. The van der Waals surface area contributed by atoms with Crippen LogP contribution in [-0.4, -0.2) is 29.4 Å². The number of carboxylic acids is 1. The Morgan fingerprint density at radius 3 is 2.48 bits per heavy atom. The third-order valence-electron chi connectivity index (χ3n) is 4.68. The molecule has 1 atom stereocenters. The molecule has 2 N–H and O–H groups in total. The van der Waals surface area contributed by atoms with E-state index in [1.807, 2.05) is 54.6 Å². The average Bonchev–Trinajstić information content (AvgIpc) is 2.68. The molecule has 140 valence electrons. The third-order valence-corrected chi connectivity index (χ3v) is 4.68. The van der Waals surface area contributed by atoms with Gasteiger partial charge in [0.1, 0.15) is 6.54 Å². The first-order chi connectivity index (χ1) is 13.0. The van der Waals surface area contributed by atoms with Crippen molar-refractivity contribution in [1.29, 1.82) is 0 Å². The lowest BCUT2D eigenvalue weighted by molar-refractivity contribution is -0.137. The van der Waals surface area contributed by atoms with Crippen molar-refractivity contribution in [3.8, 4) is 0 Å². The van der Waals surface area contributed by atoms with Crippen molar-refractivity contribution in [3.63, 3.8) is 0 Å². The van der Waals surface area contributed by atoms with Crippen LogP contribution in [0.5, 0.6) is 0 Å². The van der Waals surface area contributed by atoms with E-state index in [2.05, 4.69) is 5.32 Å². The van der Waals surface area contributed by atoms with Crippen LogP contribution in [0.15, 0.2) is 54.6 Å².